The summed E-state index contributed by atoms with van der Waals surface area (Å²) < 4.78 is 4.94. The molecular formula is C29H41N2+. The molecule has 1 aromatic heterocycles. The van der Waals surface area contributed by atoms with Crippen LogP contribution in [-0.2, 0) is 0 Å². The fourth-order valence-corrected chi connectivity index (χ4v) is 4.83. The van der Waals surface area contributed by atoms with Gasteiger partial charge in [0, 0.05) is 36.1 Å². The fourth-order valence-electron chi connectivity index (χ4n) is 4.83. The molecule has 0 aliphatic heterocycles. The van der Waals surface area contributed by atoms with Gasteiger partial charge in [0.25, 0.3) is 5.82 Å². The number of hydrogen-bond acceptors (Lipinski definition) is 0. The van der Waals surface area contributed by atoms with Crippen LogP contribution >= 0.6 is 0 Å². The van der Waals surface area contributed by atoms with Crippen molar-refractivity contribution < 1.29 is 4.57 Å². The maximum Gasteiger partial charge on any atom is 0.263 e. The lowest BCUT2D eigenvalue weighted by Crippen LogP contribution is -2.36. The van der Waals surface area contributed by atoms with Crippen molar-refractivity contribution in [2.75, 3.05) is 0 Å². The van der Waals surface area contributed by atoms with E-state index >= 15 is 0 Å². The standard InChI is InChI=1S/C29H41N2/c1-18(2)24-13-11-14-25(19(3)4)28(24)30-17-22(9)31(23(30)10)29-26(20(5)6)15-12-16-27(29)21(7)8/h11-21H,1-10H3/q+1. The Kier molecular flexibility index (Phi) is 6.79. The van der Waals surface area contributed by atoms with E-state index in [0.29, 0.717) is 23.7 Å². The highest BCUT2D eigenvalue weighted by Gasteiger charge is 2.29. The Morgan fingerprint density at radius 1 is 0.613 bits per heavy atom. The zero-order valence-electron chi connectivity index (χ0n) is 21.2. The number of nitrogens with zero attached hydrogens (tertiary/aromatic N) is 2. The quantitative estimate of drug-likeness (QED) is 0.361. The van der Waals surface area contributed by atoms with E-state index in [1.807, 2.05) is 0 Å². The molecule has 2 heteroatoms. The molecular weight excluding hydrogens is 376 g/mol. The molecule has 2 nitrogen and oxygen atoms in total. The van der Waals surface area contributed by atoms with Gasteiger partial charge in [-0.25, -0.2) is 0 Å². The van der Waals surface area contributed by atoms with Gasteiger partial charge >= 0.3 is 0 Å². The minimum absolute atomic E-state index is 0.470. The molecule has 0 aliphatic rings. The van der Waals surface area contributed by atoms with E-state index in [0.717, 1.165) is 0 Å². The van der Waals surface area contributed by atoms with E-state index in [4.69, 9.17) is 0 Å². The Hall–Kier alpha value is -2.35. The summed E-state index contributed by atoms with van der Waals surface area (Å²) in [6, 6.07) is 13.6. The van der Waals surface area contributed by atoms with Gasteiger partial charge < -0.3 is 0 Å². The van der Waals surface area contributed by atoms with Gasteiger partial charge in [-0.3, -0.25) is 0 Å². The molecule has 0 amide bonds. The molecule has 166 valence electrons. The molecule has 1 heterocycles. The van der Waals surface area contributed by atoms with Crippen molar-refractivity contribution in [2.45, 2.75) is 92.9 Å². The van der Waals surface area contributed by atoms with Crippen LogP contribution in [0.3, 0.4) is 0 Å². The number of imidazole rings is 1. The van der Waals surface area contributed by atoms with Crippen molar-refractivity contribution in [3.8, 4) is 11.4 Å². The van der Waals surface area contributed by atoms with Crippen LogP contribution in [0.4, 0.5) is 0 Å². The highest BCUT2D eigenvalue weighted by atomic mass is 15.2. The summed E-state index contributed by atoms with van der Waals surface area (Å²) in [5.41, 5.74) is 9.67. The van der Waals surface area contributed by atoms with Crippen LogP contribution < -0.4 is 4.57 Å². The lowest BCUT2D eigenvalue weighted by Gasteiger charge is -2.19. The van der Waals surface area contributed by atoms with Gasteiger partial charge in [-0.05, 0) is 23.7 Å². The lowest BCUT2D eigenvalue weighted by atomic mass is 9.92. The molecule has 3 aromatic rings. The molecule has 0 saturated heterocycles. The summed E-state index contributed by atoms with van der Waals surface area (Å²) in [5.74, 6) is 3.15. The third-order valence-electron chi connectivity index (χ3n) is 6.49. The van der Waals surface area contributed by atoms with Gasteiger partial charge in [-0.1, -0.05) is 91.8 Å². The monoisotopic (exact) mass is 417 g/mol. The number of para-hydroxylation sites is 2. The molecule has 0 saturated carbocycles. The average Bonchev–Trinajstić information content (AvgIpc) is 2.99. The Bertz CT molecular complexity index is 1010. The third-order valence-corrected chi connectivity index (χ3v) is 6.49. The van der Waals surface area contributed by atoms with Gasteiger partial charge in [0.05, 0.1) is 0 Å². The maximum atomic E-state index is 2.49. The molecule has 0 fully saturated rings. The van der Waals surface area contributed by atoms with E-state index < -0.39 is 0 Å². The highest BCUT2D eigenvalue weighted by Crippen LogP contribution is 2.34. The second kappa shape index (κ2) is 9.02. The number of rotatable bonds is 6. The van der Waals surface area contributed by atoms with Gasteiger partial charge in [0.1, 0.15) is 23.3 Å². The van der Waals surface area contributed by atoms with Crippen LogP contribution in [0.1, 0.15) is 113 Å². The average molecular weight is 418 g/mol. The maximum absolute atomic E-state index is 2.49. The van der Waals surface area contributed by atoms with Crippen LogP contribution in [0.25, 0.3) is 11.4 Å². The smallest absolute Gasteiger partial charge is 0.199 e. The van der Waals surface area contributed by atoms with Crippen molar-refractivity contribution >= 4 is 0 Å². The Morgan fingerprint density at radius 2 is 1.00 bits per heavy atom. The minimum Gasteiger partial charge on any atom is -0.199 e. The van der Waals surface area contributed by atoms with Crippen LogP contribution in [0.5, 0.6) is 0 Å². The molecule has 31 heavy (non-hydrogen) atoms. The van der Waals surface area contributed by atoms with Crippen molar-refractivity contribution in [1.82, 2.24) is 4.57 Å². The molecule has 0 spiro atoms. The number of aryl methyl sites for hydroxylation is 1. The first kappa shape index (κ1) is 23.3. The summed E-state index contributed by atoms with van der Waals surface area (Å²) in [7, 11) is 0. The second-order valence-electron chi connectivity index (χ2n) is 10.2. The van der Waals surface area contributed by atoms with E-state index in [-0.39, 0.29) is 0 Å². The summed E-state index contributed by atoms with van der Waals surface area (Å²) in [6.07, 6.45) is 2.34. The van der Waals surface area contributed by atoms with Gasteiger partial charge in [-0.15, -0.1) is 0 Å². The van der Waals surface area contributed by atoms with Crippen molar-refractivity contribution in [1.29, 1.82) is 0 Å². The zero-order chi connectivity index (χ0) is 23.0. The molecule has 0 radical (unpaired) electrons. The zero-order valence-corrected chi connectivity index (χ0v) is 21.2. The summed E-state index contributed by atoms with van der Waals surface area (Å²) >= 11 is 0. The first-order valence-corrected chi connectivity index (χ1v) is 11.9. The van der Waals surface area contributed by atoms with Crippen molar-refractivity contribution in [3.63, 3.8) is 0 Å². The highest BCUT2D eigenvalue weighted by molar-refractivity contribution is 5.53. The first-order chi connectivity index (χ1) is 14.6. The molecule has 2 aromatic carbocycles. The fraction of sp³-hybridized carbons (Fsp3) is 0.483. The Balaban J connectivity index is 2.39. The van der Waals surface area contributed by atoms with Crippen LogP contribution in [-0.4, -0.2) is 4.57 Å². The molecule has 0 unspecified atom stereocenters. The molecule has 0 N–H and O–H groups in total. The van der Waals surface area contributed by atoms with Crippen LogP contribution in [0.2, 0.25) is 0 Å². The summed E-state index contributed by atoms with van der Waals surface area (Å²) in [6.45, 7) is 22.9. The summed E-state index contributed by atoms with van der Waals surface area (Å²) in [5, 5.41) is 0. The van der Waals surface area contributed by atoms with E-state index in [9.17, 15) is 0 Å². The van der Waals surface area contributed by atoms with E-state index in [1.54, 1.807) is 0 Å². The first-order valence-electron chi connectivity index (χ1n) is 11.9. The largest absolute Gasteiger partial charge is 0.263 e. The number of benzene rings is 2. The van der Waals surface area contributed by atoms with Gasteiger partial charge in [0.2, 0.25) is 0 Å². The SMILES string of the molecule is Cc1c[n+](-c2c(C(C)C)cccc2C(C)C)c(C)n1-c1c(C(C)C)cccc1C(C)C. The normalized spacial score (nSPS) is 12.1. The van der Waals surface area contributed by atoms with Crippen molar-refractivity contribution in [2.24, 2.45) is 0 Å². The van der Waals surface area contributed by atoms with E-state index in [2.05, 4.69) is 121 Å². The molecule has 3 rings (SSSR count). The second-order valence-corrected chi connectivity index (χ2v) is 10.2. The van der Waals surface area contributed by atoms with Crippen LogP contribution in [0.15, 0.2) is 42.6 Å². The van der Waals surface area contributed by atoms with Crippen LogP contribution in [0, 0.1) is 13.8 Å². The Labute approximate surface area is 190 Å². The van der Waals surface area contributed by atoms with Gasteiger partial charge in [0.15, 0.2) is 0 Å². The lowest BCUT2D eigenvalue weighted by molar-refractivity contribution is -0.603. The molecule has 0 bridgehead atoms. The number of aromatic nitrogens is 2. The molecule has 0 aliphatic carbocycles. The topological polar surface area (TPSA) is 8.81 Å². The minimum atomic E-state index is 0.470. The predicted octanol–water partition coefficient (Wildman–Crippen LogP) is 7.86. The third kappa shape index (κ3) is 4.22. The predicted molar refractivity (Wildman–Crippen MR) is 133 cm³/mol. The van der Waals surface area contributed by atoms with E-state index in [1.165, 1.54) is 45.1 Å². The summed E-state index contributed by atoms with van der Waals surface area (Å²) in [4.78, 5) is 0. The molecule has 0 atom stereocenters. The van der Waals surface area contributed by atoms with Gasteiger partial charge in [-0.2, -0.15) is 9.13 Å². The Morgan fingerprint density at radius 3 is 1.39 bits per heavy atom. The number of hydrogen-bond donors (Lipinski definition) is 0. The van der Waals surface area contributed by atoms with Crippen molar-refractivity contribution in [3.05, 3.63) is 76.4 Å².